The van der Waals surface area contributed by atoms with Crippen molar-refractivity contribution in [2.24, 2.45) is 9.98 Å². The molecule has 3 rings (SSSR count). The van der Waals surface area contributed by atoms with Crippen LogP contribution in [0.2, 0.25) is 5.02 Å². The van der Waals surface area contributed by atoms with Gasteiger partial charge in [-0.3, -0.25) is 4.99 Å². The highest BCUT2D eigenvalue weighted by atomic mass is 35.5. The lowest BCUT2D eigenvalue weighted by molar-refractivity contribution is -0.0596. The van der Waals surface area contributed by atoms with E-state index in [2.05, 4.69) is 9.98 Å². The van der Waals surface area contributed by atoms with Crippen LogP contribution in [0, 0.1) is 13.8 Å². The second-order valence-electron chi connectivity index (χ2n) is 5.72. The van der Waals surface area contributed by atoms with E-state index in [1.54, 1.807) is 36.4 Å². The zero-order valence-corrected chi connectivity index (χ0v) is 13.8. The number of hydrogen-bond acceptors (Lipinski definition) is 2. The van der Waals surface area contributed by atoms with Gasteiger partial charge in [-0.2, -0.15) is 13.2 Å². The largest absolute Gasteiger partial charge is 0.429 e. The number of fused-ring (bicyclic) bond motifs is 1. The highest BCUT2D eigenvalue weighted by molar-refractivity contribution is 6.30. The van der Waals surface area contributed by atoms with Crippen molar-refractivity contribution in [2.75, 3.05) is 0 Å². The van der Waals surface area contributed by atoms with Crippen LogP contribution >= 0.6 is 11.6 Å². The lowest BCUT2D eigenvalue weighted by atomic mass is 10.0. The Morgan fingerprint density at radius 1 is 0.917 bits per heavy atom. The molecule has 2 aromatic rings. The summed E-state index contributed by atoms with van der Waals surface area (Å²) in [5.74, 6) is 0. The fourth-order valence-electron chi connectivity index (χ4n) is 2.47. The molecule has 124 valence electrons. The zero-order chi connectivity index (χ0) is 17.5. The molecule has 0 bridgehead atoms. The Hall–Kier alpha value is -2.14. The number of alkyl halides is 3. The van der Waals surface area contributed by atoms with Crippen molar-refractivity contribution in [2.45, 2.75) is 26.4 Å². The van der Waals surface area contributed by atoms with Gasteiger partial charge in [-0.05, 0) is 54.8 Å². The number of benzene rings is 2. The van der Waals surface area contributed by atoms with Gasteiger partial charge in [-0.25, -0.2) is 4.99 Å². The normalized spacial score (nSPS) is 14.6. The van der Waals surface area contributed by atoms with Crippen LogP contribution in [0.3, 0.4) is 0 Å². The molecule has 0 spiro atoms. The molecular formula is C18H14ClF3N2. The first kappa shape index (κ1) is 16.7. The highest BCUT2D eigenvalue weighted by Gasteiger charge is 2.37. The maximum Gasteiger partial charge on any atom is 0.429 e. The molecule has 0 fully saturated rings. The second-order valence-corrected chi connectivity index (χ2v) is 6.16. The predicted molar refractivity (Wildman–Crippen MR) is 91.3 cm³/mol. The van der Waals surface area contributed by atoms with Gasteiger partial charge in [0.25, 0.3) is 0 Å². The maximum absolute atomic E-state index is 13.3. The summed E-state index contributed by atoms with van der Waals surface area (Å²) >= 11 is 5.86. The molecule has 24 heavy (non-hydrogen) atoms. The quantitative estimate of drug-likeness (QED) is 0.592. The molecule has 1 aliphatic heterocycles. The Balaban J connectivity index is 2.20. The molecule has 0 saturated heterocycles. The first-order chi connectivity index (χ1) is 11.2. The van der Waals surface area contributed by atoms with Crippen LogP contribution in [0.25, 0.3) is 0 Å². The first-order valence-corrected chi connectivity index (χ1v) is 7.71. The average molecular weight is 351 g/mol. The zero-order valence-electron chi connectivity index (χ0n) is 13.1. The third-order valence-electron chi connectivity index (χ3n) is 3.94. The molecule has 6 heteroatoms. The van der Waals surface area contributed by atoms with Gasteiger partial charge in [0.15, 0.2) is 0 Å². The number of rotatable bonds is 1. The molecule has 1 heterocycles. The van der Waals surface area contributed by atoms with E-state index in [9.17, 15) is 13.2 Å². The van der Waals surface area contributed by atoms with E-state index in [1.807, 2.05) is 13.8 Å². The molecule has 0 amide bonds. The summed E-state index contributed by atoms with van der Waals surface area (Å²) in [7, 11) is 0. The van der Waals surface area contributed by atoms with Crippen LogP contribution in [-0.2, 0) is 0 Å². The SMILES string of the molecule is Cc1cc2c(cc1C)N=C(C(F)(F)F)CC(c1ccc(Cl)cc1)=N2. The Morgan fingerprint density at radius 2 is 1.46 bits per heavy atom. The molecule has 0 atom stereocenters. The van der Waals surface area contributed by atoms with Gasteiger partial charge in [-0.15, -0.1) is 0 Å². The lowest BCUT2D eigenvalue weighted by Crippen LogP contribution is -2.25. The molecule has 2 aromatic carbocycles. The van der Waals surface area contributed by atoms with Crippen molar-refractivity contribution >= 4 is 34.4 Å². The number of halogens is 4. The molecule has 0 aromatic heterocycles. The van der Waals surface area contributed by atoms with Crippen molar-refractivity contribution in [3.63, 3.8) is 0 Å². The lowest BCUT2D eigenvalue weighted by Gasteiger charge is -2.10. The van der Waals surface area contributed by atoms with Crippen LogP contribution in [0.1, 0.15) is 23.1 Å². The standard InChI is InChI=1S/C18H14ClF3N2/c1-10-7-15-16(8-11(10)2)24-17(18(20,21)22)9-14(23-15)12-3-5-13(19)6-4-12/h3-8H,9H2,1-2H3. The van der Waals surface area contributed by atoms with Gasteiger partial charge in [0.2, 0.25) is 0 Å². The van der Waals surface area contributed by atoms with E-state index < -0.39 is 11.9 Å². The molecular weight excluding hydrogens is 337 g/mol. The number of hydrogen-bond donors (Lipinski definition) is 0. The summed E-state index contributed by atoms with van der Waals surface area (Å²) < 4.78 is 40.0. The van der Waals surface area contributed by atoms with Crippen LogP contribution in [0.15, 0.2) is 46.4 Å². The third kappa shape index (κ3) is 3.36. The van der Waals surface area contributed by atoms with Gasteiger partial charge < -0.3 is 0 Å². The summed E-state index contributed by atoms with van der Waals surface area (Å²) in [6, 6.07) is 10.0. The summed E-state index contributed by atoms with van der Waals surface area (Å²) in [5.41, 5.74) is 2.60. The predicted octanol–water partition coefficient (Wildman–Crippen LogP) is 6.12. The van der Waals surface area contributed by atoms with Crippen molar-refractivity contribution in [3.05, 3.63) is 58.1 Å². The minimum Gasteiger partial charge on any atom is -0.250 e. The third-order valence-corrected chi connectivity index (χ3v) is 4.19. The fraction of sp³-hybridized carbons (Fsp3) is 0.222. The maximum atomic E-state index is 13.3. The van der Waals surface area contributed by atoms with E-state index in [0.717, 1.165) is 11.1 Å². The van der Waals surface area contributed by atoms with Gasteiger partial charge in [0.1, 0.15) is 5.71 Å². The number of aryl methyl sites for hydroxylation is 2. The van der Waals surface area contributed by atoms with E-state index in [4.69, 9.17) is 11.6 Å². The van der Waals surface area contributed by atoms with E-state index in [0.29, 0.717) is 22.0 Å². The van der Waals surface area contributed by atoms with Crippen LogP contribution in [-0.4, -0.2) is 17.6 Å². The van der Waals surface area contributed by atoms with Gasteiger partial charge >= 0.3 is 6.18 Å². The summed E-state index contributed by atoms with van der Waals surface area (Å²) in [6.45, 7) is 3.74. The molecule has 0 N–H and O–H groups in total. The first-order valence-electron chi connectivity index (χ1n) is 7.33. The van der Waals surface area contributed by atoms with Crippen LogP contribution in [0.5, 0.6) is 0 Å². The minimum absolute atomic E-state index is 0.245. The monoisotopic (exact) mass is 350 g/mol. The Bertz CT molecular complexity index is 850. The molecule has 0 aliphatic carbocycles. The van der Waals surface area contributed by atoms with Crippen LogP contribution < -0.4 is 0 Å². The van der Waals surface area contributed by atoms with Gasteiger partial charge in [0.05, 0.1) is 17.1 Å². The Kier molecular flexibility index (Phi) is 4.22. The Morgan fingerprint density at radius 3 is 2.00 bits per heavy atom. The second kappa shape index (κ2) is 6.06. The number of nitrogens with zero attached hydrogens (tertiary/aromatic N) is 2. The molecule has 1 aliphatic rings. The molecule has 0 saturated carbocycles. The highest BCUT2D eigenvalue weighted by Crippen LogP contribution is 2.37. The van der Waals surface area contributed by atoms with E-state index >= 15 is 0 Å². The Labute approximate surface area is 142 Å². The topological polar surface area (TPSA) is 24.7 Å². The van der Waals surface area contributed by atoms with Gasteiger partial charge in [0, 0.05) is 11.4 Å². The minimum atomic E-state index is -4.51. The molecule has 0 radical (unpaired) electrons. The van der Waals surface area contributed by atoms with E-state index in [-0.39, 0.29) is 12.1 Å². The van der Waals surface area contributed by atoms with Crippen molar-refractivity contribution in [3.8, 4) is 0 Å². The summed E-state index contributed by atoms with van der Waals surface area (Å²) in [6.07, 6.45) is -4.88. The molecule has 2 nitrogen and oxygen atoms in total. The summed E-state index contributed by atoms with van der Waals surface area (Å²) in [5, 5.41) is 0.518. The number of aliphatic imine (C=N–C) groups is 2. The fourth-order valence-corrected chi connectivity index (χ4v) is 2.59. The van der Waals surface area contributed by atoms with Crippen molar-refractivity contribution < 1.29 is 13.2 Å². The molecule has 0 unspecified atom stereocenters. The van der Waals surface area contributed by atoms with Crippen molar-refractivity contribution in [1.82, 2.24) is 0 Å². The van der Waals surface area contributed by atoms with Crippen molar-refractivity contribution in [1.29, 1.82) is 0 Å². The van der Waals surface area contributed by atoms with E-state index in [1.165, 1.54) is 0 Å². The van der Waals surface area contributed by atoms with Crippen LogP contribution in [0.4, 0.5) is 24.5 Å². The average Bonchev–Trinajstić information content (AvgIpc) is 2.68. The summed E-state index contributed by atoms with van der Waals surface area (Å²) in [4.78, 5) is 8.32. The van der Waals surface area contributed by atoms with Gasteiger partial charge in [-0.1, -0.05) is 23.7 Å². The smallest absolute Gasteiger partial charge is 0.250 e.